The molecule has 0 aromatic heterocycles. The summed E-state index contributed by atoms with van der Waals surface area (Å²) in [6, 6.07) is 15.3. The average Bonchev–Trinajstić information content (AvgIpc) is 2.96. The maximum absolute atomic E-state index is 13.9. The predicted octanol–water partition coefficient (Wildman–Crippen LogP) is 4.64. The highest BCUT2D eigenvalue weighted by atomic mass is 19.1. The number of rotatable bonds is 6. The fraction of sp³-hybridized carbons (Fsp3) is 0.333. The highest BCUT2D eigenvalue weighted by molar-refractivity contribution is 6.56. The summed E-state index contributed by atoms with van der Waals surface area (Å²) >= 11 is 0. The fourth-order valence-corrected chi connectivity index (χ4v) is 3.12. The van der Waals surface area contributed by atoms with Crippen molar-refractivity contribution in [1.82, 2.24) is 5.32 Å². The normalized spacial score (nSPS) is 17.0. The zero-order valence-corrected chi connectivity index (χ0v) is 18.6. The Morgan fingerprint density at radius 2 is 1.81 bits per heavy atom. The molecule has 1 saturated heterocycles. The SMILES string of the molecule is CC1(C)OB(C(=Cc2cc(F)cc(C#N)c2)CNC(=O)OCc2ccccc2)OC1(C)C. The van der Waals surface area contributed by atoms with Gasteiger partial charge in [-0.05, 0) is 62.5 Å². The Morgan fingerprint density at radius 1 is 1.16 bits per heavy atom. The van der Waals surface area contributed by atoms with Crippen molar-refractivity contribution >= 4 is 19.3 Å². The fourth-order valence-electron chi connectivity index (χ4n) is 3.12. The molecule has 2 aromatic rings. The first kappa shape index (κ1) is 23.5. The molecule has 0 aliphatic carbocycles. The lowest BCUT2D eigenvalue weighted by atomic mass is 9.77. The van der Waals surface area contributed by atoms with Gasteiger partial charge < -0.3 is 19.4 Å². The van der Waals surface area contributed by atoms with E-state index in [9.17, 15) is 9.18 Å². The third kappa shape index (κ3) is 5.75. The number of alkyl carbamates (subject to hydrolysis) is 1. The van der Waals surface area contributed by atoms with Gasteiger partial charge in [0.05, 0.1) is 22.8 Å². The second-order valence-corrected chi connectivity index (χ2v) is 8.61. The van der Waals surface area contributed by atoms with E-state index in [1.807, 2.05) is 64.1 Å². The first-order valence-corrected chi connectivity index (χ1v) is 10.3. The van der Waals surface area contributed by atoms with E-state index in [-0.39, 0.29) is 18.7 Å². The Bertz CT molecular complexity index is 1030. The molecule has 1 fully saturated rings. The number of halogens is 1. The van der Waals surface area contributed by atoms with Crippen LogP contribution in [0.2, 0.25) is 0 Å². The van der Waals surface area contributed by atoms with Gasteiger partial charge in [0.25, 0.3) is 0 Å². The number of amides is 1. The smallest absolute Gasteiger partial charge is 0.445 e. The molecule has 1 N–H and O–H groups in total. The van der Waals surface area contributed by atoms with Crippen molar-refractivity contribution in [2.75, 3.05) is 6.54 Å². The van der Waals surface area contributed by atoms with E-state index in [0.717, 1.165) is 11.6 Å². The summed E-state index contributed by atoms with van der Waals surface area (Å²) in [5, 5.41) is 11.8. The number of carbonyl (C=O) groups is 1. The number of nitrogens with zero attached hydrogens (tertiary/aromatic N) is 1. The van der Waals surface area contributed by atoms with Crippen molar-refractivity contribution in [3.05, 3.63) is 76.5 Å². The van der Waals surface area contributed by atoms with Crippen LogP contribution < -0.4 is 5.32 Å². The Kier molecular flexibility index (Phi) is 7.02. The highest BCUT2D eigenvalue weighted by Gasteiger charge is 2.52. The van der Waals surface area contributed by atoms with Crippen molar-refractivity contribution in [1.29, 1.82) is 5.26 Å². The zero-order chi connectivity index (χ0) is 23.4. The van der Waals surface area contributed by atoms with Crippen LogP contribution >= 0.6 is 0 Å². The number of nitrogens with one attached hydrogen (secondary N) is 1. The zero-order valence-electron chi connectivity index (χ0n) is 18.6. The Morgan fingerprint density at radius 3 is 2.44 bits per heavy atom. The number of hydrogen-bond acceptors (Lipinski definition) is 5. The molecule has 1 aliphatic rings. The molecule has 1 aliphatic heterocycles. The van der Waals surface area contributed by atoms with Gasteiger partial charge in [0, 0.05) is 6.54 Å². The summed E-state index contributed by atoms with van der Waals surface area (Å²) in [5.41, 5.74) is 0.905. The summed E-state index contributed by atoms with van der Waals surface area (Å²) < 4.78 is 31.4. The van der Waals surface area contributed by atoms with Crippen molar-refractivity contribution in [3.63, 3.8) is 0 Å². The van der Waals surface area contributed by atoms with E-state index in [4.69, 9.17) is 19.3 Å². The van der Waals surface area contributed by atoms with Gasteiger partial charge in [0.2, 0.25) is 0 Å². The van der Waals surface area contributed by atoms with Crippen LogP contribution in [0.1, 0.15) is 44.4 Å². The van der Waals surface area contributed by atoms with Crippen molar-refractivity contribution < 1.29 is 23.2 Å². The first-order valence-electron chi connectivity index (χ1n) is 10.3. The maximum atomic E-state index is 13.9. The minimum Gasteiger partial charge on any atom is -0.445 e. The van der Waals surface area contributed by atoms with Crippen LogP contribution in [0.15, 0.2) is 54.0 Å². The first-order chi connectivity index (χ1) is 15.1. The van der Waals surface area contributed by atoms with E-state index < -0.39 is 30.2 Å². The van der Waals surface area contributed by atoms with Crippen LogP contribution in [-0.2, 0) is 20.7 Å². The average molecular weight is 436 g/mol. The van der Waals surface area contributed by atoms with Crippen LogP contribution in [0.4, 0.5) is 9.18 Å². The van der Waals surface area contributed by atoms with Crippen LogP contribution in [0.5, 0.6) is 0 Å². The molecule has 166 valence electrons. The van der Waals surface area contributed by atoms with Gasteiger partial charge in [-0.15, -0.1) is 0 Å². The van der Waals surface area contributed by atoms with Crippen LogP contribution in [0.3, 0.4) is 0 Å². The summed E-state index contributed by atoms with van der Waals surface area (Å²) in [6.07, 6.45) is 1.05. The lowest BCUT2D eigenvalue weighted by molar-refractivity contribution is 0.00578. The van der Waals surface area contributed by atoms with Gasteiger partial charge in [0.15, 0.2) is 0 Å². The minimum absolute atomic E-state index is 0.0584. The Hall–Kier alpha value is -3.15. The molecule has 0 radical (unpaired) electrons. The van der Waals surface area contributed by atoms with Crippen LogP contribution in [-0.4, -0.2) is 31.0 Å². The van der Waals surface area contributed by atoms with Gasteiger partial charge in [-0.1, -0.05) is 36.4 Å². The minimum atomic E-state index is -0.761. The van der Waals surface area contributed by atoms with Crippen LogP contribution in [0, 0.1) is 17.1 Å². The molecule has 8 heteroatoms. The third-order valence-corrected chi connectivity index (χ3v) is 5.61. The summed E-state index contributed by atoms with van der Waals surface area (Å²) in [7, 11) is -0.761. The van der Waals surface area contributed by atoms with Crippen molar-refractivity contribution in [3.8, 4) is 6.07 Å². The largest absolute Gasteiger partial charge is 0.492 e. The standard InChI is InChI=1S/C24H26BFN2O4/c1-23(2)24(3,4)32-25(31-23)20(11-18-10-19(14-27)13-21(26)12-18)15-28-22(29)30-16-17-8-6-5-7-9-17/h5-13H,15-16H2,1-4H3,(H,28,29). The van der Waals surface area contributed by atoms with E-state index in [0.29, 0.717) is 11.0 Å². The molecular formula is C24H26BFN2O4. The molecule has 0 saturated carbocycles. The Labute approximate surface area is 188 Å². The molecule has 6 nitrogen and oxygen atoms in total. The van der Waals surface area contributed by atoms with Crippen molar-refractivity contribution in [2.45, 2.75) is 45.5 Å². The molecule has 1 heterocycles. The molecule has 0 unspecified atom stereocenters. The van der Waals surface area contributed by atoms with E-state index in [1.165, 1.54) is 6.07 Å². The quantitative estimate of drug-likeness (QED) is 0.668. The topological polar surface area (TPSA) is 80.6 Å². The summed E-state index contributed by atoms with van der Waals surface area (Å²) in [4.78, 5) is 12.3. The summed E-state index contributed by atoms with van der Waals surface area (Å²) in [6.45, 7) is 7.87. The second kappa shape index (κ2) is 9.55. The Balaban J connectivity index is 1.77. The van der Waals surface area contributed by atoms with Crippen LogP contribution in [0.25, 0.3) is 6.08 Å². The lowest BCUT2D eigenvalue weighted by Gasteiger charge is -2.32. The van der Waals surface area contributed by atoms with Gasteiger partial charge in [-0.25, -0.2) is 9.18 Å². The number of ether oxygens (including phenoxy) is 1. The number of hydrogen-bond donors (Lipinski definition) is 1. The van der Waals surface area contributed by atoms with Crippen molar-refractivity contribution in [2.24, 2.45) is 0 Å². The maximum Gasteiger partial charge on any atom is 0.492 e. The molecule has 0 bridgehead atoms. The number of nitriles is 1. The second-order valence-electron chi connectivity index (χ2n) is 8.61. The number of carbonyl (C=O) groups excluding carboxylic acids is 1. The summed E-state index contributed by atoms with van der Waals surface area (Å²) in [5.74, 6) is -0.529. The molecule has 0 spiro atoms. The van der Waals surface area contributed by atoms with Gasteiger partial charge in [-0.3, -0.25) is 0 Å². The number of benzene rings is 2. The van der Waals surface area contributed by atoms with E-state index in [2.05, 4.69) is 5.32 Å². The molecule has 2 aromatic carbocycles. The van der Waals surface area contributed by atoms with Gasteiger partial charge in [-0.2, -0.15) is 5.26 Å². The highest BCUT2D eigenvalue weighted by Crippen LogP contribution is 2.38. The van der Waals surface area contributed by atoms with Gasteiger partial charge in [0.1, 0.15) is 12.4 Å². The van der Waals surface area contributed by atoms with E-state index in [1.54, 1.807) is 12.1 Å². The monoisotopic (exact) mass is 436 g/mol. The van der Waals surface area contributed by atoms with Gasteiger partial charge >= 0.3 is 13.2 Å². The molecule has 32 heavy (non-hydrogen) atoms. The third-order valence-electron chi connectivity index (χ3n) is 5.61. The van der Waals surface area contributed by atoms with E-state index >= 15 is 0 Å². The molecule has 1 amide bonds. The predicted molar refractivity (Wildman–Crippen MR) is 120 cm³/mol. The molecular weight excluding hydrogens is 410 g/mol. The molecule has 3 rings (SSSR count). The lowest BCUT2D eigenvalue weighted by Crippen LogP contribution is -2.41. The molecule has 0 atom stereocenters.